The number of aromatic nitrogens is 1. The molecular formula is C18H16ClN. The zero-order chi connectivity index (χ0) is 14.3. The maximum atomic E-state index is 6.51. The van der Waals surface area contributed by atoms with E-state index >= 15 is 0 Å². The fourth-order valence-corrected chi connectivity index (χ4v) is 2.96. The molecule has 0 saturated carbocycles. The minimum atomic E-state index is 0.780. The maximum Gasteiger partial charge on any atom is 0.0709 e. The Morgan fingerprint density at radius 3 is 2.35 bits per heavy atom. The lowest BCUT2D eigenvalue weighted by molar-refractivity contribution is 1.33. The second kappa shape index (κ2) is 4.92. The first-order valence-electron chi connectivity index (χ1n) is 6.69. The predicted molar refractivity (Wildman–Crippen MR) is 86.4 cm³/mol. The maximum absolute atomic E-state index is 6.51. The Morgan fingerprint density at radius 1 is 0.950 bits per heavy atom. The first-order valence-corrected chi connectivity index (χ1v) is 7.06. The van der Waals surface area contributed by atoms with Crippen molar-refractivity contribution >= 4 is 22.5 Å². The van der Waals surface area contributed by atoms with Crippen molar-refractivity contribution in [2.45, 2.75) is 20.8 Å². The average Bonchev–Trinajstić information content (AvgIpc) is 2.39. The Morgan fingerprint density at radius 2 is 1.65 bits per heavy atom. The van der Waals surface area contributed by atoms with Gasteiger partial charge in [-0.05, 0) is 61.2 Å². The van der Waals surface area contributed by atoms with Crippen molar-refractivity contribution in [3.05, 3.63) is 64.3 Å². The Balaban J connectivity index is 2.32. The topological polar surface area (TPSA) is 12.9 Å². The van der Waals surface area contributed by atoms with Crippen LogP contribution in [-0.4, -0.2) is 4.98 Å². The van der Waals surface area contributed by atoms with Gasteiger partial charge in [0.15, 0.2) is 0 Å². The van der Waals surface area contributed by atoms with Gasteiger partial charge in [0.1, 0.15) is 0 Å². The summed E-state index contributed by atoms with van der Waals surface area (Å²) in [5.74, 6) is 0. The first-order chi connectivity index (χ1) is 9.56. The first kappa shape index (κ1) is 13.1. The van der Waals surface area contributed by atoms with E-state index < -0.39 is 0 Å². The third kappa shape index (κ3) is 2.19. The molecule has 2 heteroatoms. The normalized spacial score (nSPS) is 11.0. The third-order valence-corrected chi connectivity index (χ3v) is 3.97. The molecule has 0 aliphatic carbocycles. The van der Waals surface area contributed by atoms with Crippen LogP contribution in [0.25, 0.3) is 22.0 Å². The summed E-state index contributed by atoms with van der Waals surface area (Å²) in [4.78, 5) is 4.51. The highest BCUT2D eigenvalue weighted by molar-refractivity contribution is 6.34. The number of halogens is 1. The molecule has 2 aromatic carbocycles. The van der Waals surface area contributed by atoms with Crippen LogP contribution in [0.2, 0.25) is 5.02 Å². The molecule has 3 aromatic rings. The van der Waals surface area contributed by atoms with Crippen LogP contribution in [0.15, 0.2) is 42.6 Å². The fourth-order valence-electron chi connectivity index (χ4n) is 2.69. The predicted octanol–water partition coefficient (Wildman–Crippen LogP) is 5.48. The molecule has 0 amide bonds. The molecule has 0 spiro atoms. The zero-order valence-corrected chi connectivity index (χ0v) is 12.6. The largest absolute Gasteiger partial charge is 0.256 e. The Kier molecular flexibility index (Phi) is 3.23. The molecule has 0 fully saturated rings. The van der Waals surface area contributed by atoms with Gasteiger partial charge < -0.3 is 0 Å². The molecule has 0 saturated heterocycles. The molecule has 0 aliphatic heterocycles. The van der Waals surface area contributed by atoms with Gasteiger partial charge in [-0.1, -0.05) is 29.8 Å². The van der Waals surface area contributed by atoms with Crippen molar-refractivity contribution in [2.75, 3.05) is 0 Å². The van der Waals surface area contributed by atoms with E-state index in [0.29, 0.717) is 0 Å². The Bertz CT molecular complexity index is 786. The second-order valence-corrected chi connectivity index (χ2v) is 5.71. The molecule has 20 heavy (non-hydrogen) atoms. The van der Waals surface area contributed by atoms with Gasteiger partial charge in [-0.2, -0.15) is 0 Å². The second-order valence-electron chi connectivity index (χ2n) is 5.30. The van der Waals surface area contributed by atoms with Crippen molar-refractivity contribution in [3.63, 3.8) is 0 Å². The molecule has 0 atom stereocenters. The van der Waals surface area contributed by atoms with Gasteiger partial charge in [-0.25, -0.2) is 0 Å². The quantitative estimate of drug-likeness (QED) is 0.575. The Hall–Kier alpha value is -1.86. The summed E-state index contributed by atoms with van der Waals surface area (Å²) in [5.41, 5.74) is 6.87. The van der Waals surface area contributed by atoms with Gasteiger partial charge >= 0.3 is 0 Å². The molecule has 100 valence electrons. The molecule has 1 aromatic heterocycles. The average molecular weight is 282 g/mol. The van der Waals surface area contributed by atoms with Crippen LogP contribution >= 0.6 is 11.6 Å². The van der Waals surface area contributed by atoms with Gasteiger partial charge in [0.2, 0.25) is 0 Å². The number of hydrogen-bond donors (Lipinski definition) is 0. The lowest BCUT2D eigenvalue weighted by Crippen LogP contribution is -1.90. The summed E-state index contributed by atoms with van der Waals surface area (Å²) in [7, 11) is 0. The molecular weight excluding hydrogens is 266 g/mol. The molecule has 0 aliphatic rings. The number of rotatable bonds is 1. The smallest absolute Gasteiger partial charge is 0.0709 e. The molecule has 0 bridgehead atoms. The van der Waals surface area contributed by atoms with Gasteiger partial charge in [0.05, 0.1) is 5.52 Å². The highest BCUT2D eigenvalue weighted by Crippen LogP contribution is 2.35. The monoisotopic (exact) mass is 281 g/mol. The number of fused-ring (bicyclic) bond motifs is 1. The highest BCUT2D eigenvalue weighted by Gasteiger charge is 2.11. The zero-order valence-electron chi connectivity index (χ0n) is 11.9. The van der Waals surface area contributed by atoms with E-state index in [1.807, 2.05) is 19.2 Å². The summed E-state index contributed by atoms with van der Waals surface area (Å²) in [6.45, 7) is 6.27. The lowest BCUT2D eigenvalue weighted by atomic mass is 9.95. The number of pyridine rings is 1. The van der Waals surface area contributed by atoms with E-state index in [1.54, 1.807) is 0 Å². The minimum Gasteiger partial charge on any atom is -0.256 e. The van der Waals surface area contributed by atoms with Crippen LogP contribution in [0.1, 0.15) is 16.7 Å². The number of aryl methyl sites for hydroxylation is 3. The summed E-state index contributed by atoms with van der Waals surface area (Å²) in [5, 5.41) is 1.87. The van der Waals surface area contributed by atoms with E-state index in [0.717, 1.165) is 27.1 Å². The van der Waals surface area contributed by atoms with E-state index in [1.165, 1.54) is 16.7 Å². The molecule has 0 N–H and O–H groups in total. The van der Waals surface area contributed by atoms with Crippen LogP contribution in [0.3, 0.4) is 0 Å². The molecule has 0 radical (unpaired) electrons. The van der Waals surface area contributed by atoms with E-state index in [-0.39, 0.29) is 0 Å². The number of benzene rings is 2. The molecule has 1 nitrogen and oxygen atoms in total. The van der Waals surface area contributed by atoms with E-state index in [4.69, 9.17) is 11.6 Å². The fraction of sp³-hybridized carbons (Fsp3) is 0.167. The summed E-state index contributed by atoms with van der Waals surface area (Å²) < 4.78 is 0. The van der Waals surface area contributed by atoms with Gasteiger partial charge in [0.25, 0.3) is 0 Å². The summed E-state index contributed by atoms with van der Waals surface area (Å²) in [6.07, 6.45) is 1.89. The van der Waals surface area contributed by atoms with Crippen LogP contribution < -0.4 is 0 Å². The highest BCUT2D eigenvalue weighted by atomic mass is 35.5. The molecule has 0 unspecified atom stereocenters. The standard InChI is InChI=1S/C18H16ClN/c1-11-7-14-8-16(19)15(9-17(14)20-10-11)18-12(2)5-4-6-13(18)3/h4-10H,1-3H3. The third-order valence-electron chi connectivity index (χ3n) is 3.66. The van der Waals surface area contributed by atoms with Gasteiger partial charge in [-0.3, -0.25) is 4.98 Å². The van der Waals surface area contributed by atoms with Crippen molar-refractivity contribution in [1.29, 1.82) is 0 Å². The van der Waals surface area contributed by atoms with Crippen LogP contribution in [0.4, 0.5) is 0 Å². The Labute approximate surface area is 124 Å². The minimum absolute atomic E-state index is 0.780. The SMILES string of the molecule is Cc1cnc2cc(-c3c(C)cccc3C)c(Cl)cc2c1. The van der Waals surface area contributed by atoms with Crippen LogP contribution in [-0.2, 0) is 0 Å². The summed E-state index contributed by atoms with van der Waals surface area (Å²) in [6, 6.07) is 12.5. The van der Waals surface area contributed by atoms with Crippen molar-refractivity contribution in [1.82, 2.24) is 4.98 Å². The van der Waals surface area contributed by atoms with Crippen LogP contribution in [0, 0.1) is 20.8 Å². The van der Waals surface area contributed by atoms with Crippen molar-refractivity contribution < 1.29 is 0 Å². The van der Waals surface area contributed by atoms with Gasteiger partial charge in [0, 0.05) is 22.2 Å². The summed E-state index contributed by atoms with van der Waals surface area (Å²) >= 11 is 6.51. The molecule has 3 rings (SSSR count). The van der Waals surface area contributed by atoms with E-state index in [9.17, 15) is 0 Å². The molecule has 1 heterocycles. The van der Waals surface area contributed by atoms with Crippen LogP contribution in [0.5, 0.6) is 0 Å². The number of hydrogen-bond acceptors (Lipinski definition) is 1. The van der Waals surface area contributed by atoms with Crippen molar-refractivity contribution in [2.24, 2.45) is 0 Å². The van der Waals surface area contributed by atoms with Crippen molar-refractivity contribution in [3.8, 4) is 11.1 Å². The van der Waals surface area contributed by atoms with Gasteiger partial charge in [-0.15, -0.1) is 0 Å². The lowest BCUT2D eigenvalue weighted by Gasteiger charge is -2.13. The van der Waals surface area contributed by atoms with E-state index in [2.05, 4.69) is 49.2 Å². The number of nitrogens with zero attached hydrogens (tertiary/aromatic N) is 1.